The Balaban J connectivity index is 2.13. The number of halogens is 1. The molecule has 0 aliphatic heterocycles. The van der Waals surface area contributed by atoms with Gasteiger partial charge in [0.1, 0.15) is 0 Å². The lowest BCUT2D eigenvalue weighted by molar-refractivity contribution is 0.283. The minimum Gasteiger partial charge on any atom is -0.396 e. The summed E-state index contributed by atoms with van der Waals surface area (Å²) in [5, 5.41) is 12.0. The molecular formula is C11H18ClNOS. The average Bonchev–Trinajstić information content (AvgIpc) is 2.62. The second-order valence-corrected chi connectivity index (χ2v) is 5.48. The highest BCUT2D eigenvalue weighted by molar-refractivity contribution is 7.16. The van der Waals surface area contributed by atoms with Crippen molar-refractivity contribution < 1.29 is 5.11 Å². The summed E-state index contributed by atoms with van der Waals surface area (Å²) < 4.78 is 0.867. The first-order valence-electron chi connectivity index (χ1n) is 5.31. The maximum absolute atomic E-state index is 8.64. The molecule has 1 rings (SSSR count). The van der Waals surface area contributed by atoms with Gasteiger partial charge in [0.15, 0.2) is 0 Å². The largest absolute Gasteiger partial charge is 0.396 e. The van der Waals surface area contributed by atoms with Crippen molar-refractivity contribution in [2.75, 3.05) is 13.2 Å². The summed E-state index contributed by atoms with van der Waals surface area (Å²) >= 11 is 7.51. The van der Waals surface area contributed by atoms with Gasteiger partial charge in [-0.25, -0.2) is 0 Å². The van der Waals surface area contributed by atoms with Crippen molar-refractivity contribution >= 4 is 22.9 Å². The number of aryl methyl sites for hydroxylation is 1. The number of nitrogens with one attached hydrogen (secondary N) is 1. The predicted octanol–water partition coefficient (Wildman–Crippen LogP) is 2.69. The van der Waals surface area contributed by atoms with Gasteiger partial charge in [-0.2, -0.15) is 0 Å². The first-order chi connectivity index (χ1) is 7.22. The first-order valence-corrected chi connectivity index (χ1v) is 6.50. The summed E-state index contributed by atoms with van der Waals surface area (Å²) in [4.78, 5) is 1.34. The Bertz CT molecular complexity index is 277. The van der Waals surface area contributed by atoms with Crippen LogP contribution >= 0.6 is 22.9 Å². The highest BCUT2D eigenvalue weighted by Crippen LogP contribution is 2.22. The summed E-state index contributed by atoms with van der Waals surface area (Å²) in [6.07, 6.45) is 3.02. The van der Waals surface area contributed by atoms with Gasteiger partial charge in [-0.3, -0.25) is 0 Å². The molecule has 0 fully saturated rings. The number of hydrogen-bond donors (Lipinski definition) is 2. The third-order valence-corrected chi connectivity index (χ3v) is 3.57. The van der Waals surface area contributed by atoms with Gasteiger partial charge in [0, 0.05) is 17.5 Å². The maximum atomic E-state index is 8.64. The van der Waals surface area contributed by atoms with E-state index in [1.54, 1.807) is 11.3 Å². The van der Waals surface area contributed by atoms with Gasteiger partial charge in [0.05, 0.1) is 4.34 Å². The molecule has 1 aromatic heterocycles. The van der Waals surface area contributed by atoms with Crippen LogP contribution in [0.25, 0.3) is 0 Å². The van der Waals surface area contributed by atoms with E-state index >= 15 is 0 Å². The fraction of sp³-hybridized carbons (Fsp3) is 0.636. The van der Waals surface area contributed by atoms with E-state index in [2.05, 4.69) is 18.3 Å². The van der Waals surface area contributed by atoms with Crippen molar-refractivity contribution in [2.45, 2.75) is 32.2 Å². The third kappa shape index (κ3) is 5.52. The van der Waals surface area contributed by atoms with Gasteiger partial charge in [0.2, 0.25) is 0 Å². The molecule has 0 aromatic carbocycles. The highest BCUT2D eigenvalue weighted by atomic mass is 35.5. The van der Waals surface area contributed by atoms with Crippen molar-refractivity contribution in [1.82, 2.24) is 5.32 Å². The molecule has 15 heavy (non-hydrogen) atoms. The molecule has 2 nitrogen and oxygen atoms in total. The van der Waals surface area contributed by atoms with Gasteiger partial charge >= 0.3 is 0 Å². The van der Waals surface area contributed by atoms with Gasteiger partial charge < -0.3 is 10.4 Å². The van der Waals surface area contributed by atoms with Crippen LogP contribution in [-0.2, 0) is 6.42 Å². The van der Waals surface area contributed by atoms with Crippen molar-refractivity contribution in [3.63, 3.8) is 0 Å². The van der Waals surface area contributed by atoms with E-state index in [0.29, 0.717) is 6.04 Å². The topological polar surface area (TPSA) is 32.3 Å². The lowest BCUT2D eigenvalue weighted by Crippen LogP contribution is -2.27. The summed E-state index contributed by atoms with van der Waals surface area (Å²) in [7, 11) is 0. The van der Waals surface area contributed by atoms with Crippen LogP contribution in [0.5, 0.6) is 0 Å². The number of aliphatic hydroxyl groups is 1. The van der Waals surface area contributed by atoms with E-state index < -0.39 is 0 Å². The molecule has 1 heterocycles. The lowest BCUT2D eigenvalue weighted by Gasteiger charge is -2.12. The van der Waals surface area contributed by atoms with E-state index in [0.717, 1.165) is 30.1 Å². The van der Waals surface area contributed by atoms with Gasteiger partial charge in [-0.1, -0.05) is 11.6 Å². The van der Waals surface area contributed by atoms with E-state index in [4.69, 9.17) is 16.7 Å². The molecule has 0 saturated heterocycles. The van der Waals surface area contributed by atoms with Gasteiger partial charge in [-0.15, -0.1) is 11.3 Å². The Morgan fingerprint density at radius 2 is 2.33 bits per heavy atom. The van der Waals surface area contributed by atoms with Crippen LogP contribution in [0.15, 0.2) is 12.1 Å². The molecule has 0 saturated carbocycles. The Hall–Kier alpha value is -0.0900. The minimum atomic E-state index is 0.264. The normalized spacial score (nSPS) is 13.0. The third-order valence-electron chi connectivity index (χ3n) is 2.28. The van der Waals surface area contributed by atoms with Crippen molar-refractivity contribution in [2.24, 2.45) is 0 Å². The van der Waals surface area contributed by atoms with E-state index in [-0.39, 0.29) is 6.61 Å². The van der Waals surface area contributed by atoms with Crippen LogP contribution in [-0.4, -0.2) is 24.3 Å². The fourth-order valence-corrected chi connectivity index (χ4v) is 2.48. The van der Waals surface area contributed by atoms with E-state index in [1.165, 1.54) is 4.88 Å². The fourth-order valence-electron chi connectivity index (χ4n) is 1.37. The van der Waals surface area contributed by atoms with Crippen LogP contribution in [0.3, 0.4) is 0 Å². The zero-order chi connectivity index (χ0) is 11.1. The van der Waals surface area contributed by atoms with Gasteiger partial charge in [0.25, 0.3) is 0 Å². The average molecular weight is 248 g/mol. The second-order valence-electron chi connectivity index (χ2n) is 3.68. The number of rotatable bonds is 7. The molecule has 4 heteroatoms. The predicted molar refractivity (Wildman–Crippen MR) is 66.8 cm³/mol. The van der Waals surface area contributed by atoms with E-state index in [1.807, 2.05) is 6.07 Å². The second kappa shape index (κ2) is 7.23. The molecule has 1 aromatic rings. The summed E-state index contributed by atoms with van der Waals surface area (Å²) in [6, 6.07) is 4.54. The number of aliphatic hydroxyl groups excluding tert-OH is 1. The van der Waals surface area contributed by atoms with Crippen LogP contribution in [0.4, 0.5) is 0 Å². The lowest BCUT2D eigenvalue weighted by atomic mass is 10.1. The van der Waals surface area contributed by atoms with Crippen LogP contribution in [0.1, 0.15) is 24.6 Å². The molecule has 2 N–H and O–H groups in total. The first kappa shape index (κ1) is 13.0. The SMILES string of the molecule is CC(CCc1ccc(Cl)s1)NCCCO. The molecule has 0 aliphatic rings. The Morgan fingerprint density at radius 3 is 2.93 bits per heavy atom. The van der Waals surface area contributed by atoms with Crippen LogP contribution in [0, 0.1) is 0 Å². The van der Waals surface area contributed by atoms with Crippen LogP contribution in [0.2, 0.25) is 4.34 Å². The molecule has 1 unspecified atom stereocenters. The Kier molecular flexibility index (Phi) is 6.25. The van der Waals surface area contributed by atoms with Crippen molar-refractivity contribution in [1.29, 1.82) is 0 Å². The molecule has 0 spiro atoms. The summed E-state index contributed by atoms with van der Waals surface area (Å²) in [5.74, 6) is 0. The Morgan fingerprint density at radius 1 is 1.53 bits per heavy atom. The molecular weight excluding hydrogens is 230 g/mol. The molecule has 0 aliphatic carbocycles. The molecule has 0 amide bonds. The minimum absolute atomic E-state index is 0.264. The van der Waals surface area contributed by atoms with E-state index in [9.17, 15) is 0 Å². The zero-order valence-electron chi connectivity index (χ0n) is 9.00. The molecule has 86 valence electrons. The monoisotopic (exact) mass is 247 g/mol. The molecule has 0 bridgehead atoms. The quantitative estimate of drug-likeness (QED) is 0.727. The highest BCUT2D eigenvalue weighted by Gasteiger charge is 2.03. The Labute approximate surface area is 100 Å². The smallest absolute Gasteiger partial charge is 0.0931 e. The number of thiophene rings is 1. The van der Waals surface area contributed by atoms with Crippen molar-refractivity contribution in [3.05, 3.63) is 21.3 Å². The summed E-state index contributed by atoms with van der Waals surface area (Å²) in [5.41, 5.74) is 0. The number of hydrogen-bond acceptors (Lipinski definition) is 3. The molecule has 0 radical (unpaired) electrons. The van der Waals surface area contributed by atoms with Gasteiger partial charge in [-0.05, 0) is 44.9 Å². The summed E-state index contributed by atoms with van der Waals surface area (Å²) in [6.45, 7) is 3.33. The molecule has 1 atom stereocenters. The maximum Gasteiger partial charge on any atom is 0.0931 e. The van der Waals surface area contributed by atoms with Crippen LogP contribution < -0.4 is 5.32 Å². The van der Waals surface area contributed by atoms with Crippen molar-refractivity contribution in [3.8, 4) is 0 Å². The zero-order valence-corrected chi connectivity index (χ0v) is 10.6. The standard InChI is InChI=1S/C11H18ClNOS/c1-9(13-7-2-8-14)3-4-10-5-6-11(12)15-10/h5-6,9,13-14H,2-4,7-8H2,1H3.